The van der Waals surface area contributed by atoms with Crippen molar-refractivity contribution in [2.24, 2.45) is 5.92 Å². The fourth-order valence-corrected chi connectivity index (χ4v) is 1.82. The van der Waals surface area contributed by atoms with Gasteiger partial charge in [-0.2, -0.15) is 0 Å². The van der Waals surface area contributed by atoms with E-state index in [9.17, 15) is 0 Å². The molecular weight excluding hydrogens is 176 g/mol. The van der Waals surface area contributed by atoms with E-state index in [4.69, 9.17) is 4.42 Å². The summed E-state index contributed by atoms with van der Waals surface area (Å²) in [6.45, 7) is 6.40. The van der Waals surface area contributed by atoms with E-state index in [0.29, 0.717) is 0 Å². The number of rotatable bonds is 4. The molecule has 3 nitrogen and oxygen atoms in total. The molecule has 0 bridgehead atoms. The molecule has 1 aromatic heterocycles. The third kappa shape index (κ3) is 2.36. The van der Waals surface area contributed by atoms with Gasteiger partial charge in [0.25, 0.3) is 0 Å². The number of nitrogens with zero attached hydrogens (tertiary/aromatic N) is 1. The van der Waals surface area contributed by atoms with Gasteiger partial charge in [0.1, 0.15) is 11.5 Å². The second-order valence-corrected chi connectivity index (χ2v) is 4.23. The molecule has 0 atom stereocenters. The monoisotopic (exact) mass is 194 g/mol. The van der Waals surface area contributed by atoms with Crippen molar-refractivity contribution >= 4 is 0 Å². The molecule has 1 N–H and O–H groups in total. The van der Waals surface area contributed by atoms with Gasteiger partial charge in [-0.1, -0.05) is 0 Å². The minimum atomic E-state index is 0.830. The lowest BCUT2D eigenvalue weighted by Gasteiger charge is -2.30. The van der Waals surface area contributed by atoms with Crippen LogP contribution >= 0.6 is 0 Å². The summed E-state index contributed by atoms with van der Waals surface area (Å²) < 4.78 is 5.53. The predicted octanol–water partition coefficient (Wildman–Crippen LogP) is 1.24. The van der Waals surface area contributed by atoms with Crippen molar-refractivity contribution in [3.63, 3.8) is 0 Å². The van der Waals surface area contributed by atoms with Crippen LogP contribution in [0.1, 0.15) is 11.5 Å². The van der Waals surface area contributed by atoms with Crippen molar-refractivity contribution < 1.29 is 4.42 Å². The average Bonchev–Trinajstić information content (AvgIpc) is 2.44. The van der Waals surface area contributed by atoms with Gasteiger partial charge in [0.2, 0.25) is 0 Å². The largest absolute Gasteiger partial charge is 0.465 e. The van der Waals surface area contributed by atoms with Crippen molar-refractivity contribution in [3.05, 3.63) is 23.7 Å². The SMILES string of the molecule is Cc1ccc(CN(C)CC2CNC2)o1. The first-order valence-electron chi connectivity index (χ1n) is 5.18. The van der Waals surface area contributed by atoms with Gasteiger partial charge in [0.15, 0.2) is 0 Å². The molecule has 0 radical (unpaired) electrons. The highest BCUT2D eigenvalue weighted by Gasteiger charge is 2.18. The number of nitrogens with one attached hydrogen (secondary N) is 1. The van der Waals surface area contributed by atoms with Crippen molar-refractivity contribution in [1.82, 2.24) is 10.2 Å². The van der Waals surface area contributed by atoms with Gasteiger partial charge < -0.3 is 9.73 Å². The molecule has 0 saturated carbocycles. The molecule has 78 valence electrons. The van der Waals surface area contributed by atoms with Crippen LogP contribution in [0.2, 0.25) is 0 Å². The molecule has 0 spiro atoms. The van der Waals surface area contributed by atoms with Gasteiger partial charge in [-0.25, -0.2) is 0 Å². The van der Waals surface area contributed by atoms with Gasteiger partial charge in [-0.05, 0) is 32.0 Å². The van der Waals surface area contributed by atoms with Crippen molar-refractivity contribution in [3.8, 4) is 0 Å². The van der Waals surface area contributed by atoms with Crippen LogP contribution in [0.4, 0.5) is 0 Å². The minimum absolute atomic E-state index is 0.830. The maximum Gasteiger partial charge on any atom is 0.118 e. The van der Waals surface area contributed by atoms with Crippen LogP contribution < -0.4 is 5.32 Å². The van der Waals surface area contributed by atoms with E-state index >= 15 is 0 Å². The fraction of sp³-hybridized carbons (Fsp3) is 0.636. The summed E-state index contributed by atoms with van der Waals surface area (Å²) in [6.07, 6.45) is 0. The first kappa shape index (κ1) is 9.74. The van der Waals surface area contributed by atoms with Gasteiger partial charge in [-0.15, -0.1) is 0 Å². The van der Waals surface area contributed by atoms with E-state index < -0.39 is 0 Å². The Bertz CT molecular complexity index is 291. The normalized spacial score (nSPS) is 17.4. The fourth-order valence-electron chi connectivity index (χ4n) is 1.82. The third-order valence-electron chi connectivity index (χ3n) is 2.66. The van der Waals surface area contributed by atoms with Gasteiger partial charge in [0, 0.05) is 19.6 Å². The molecule has 1 fully saturated rings. The van der Waals surface area contributed by atoms with Crippen LogP contribution in [-0.4, -0.2) is 31.6 Å². The standard InChI is InChI=1S/C11H18N2O/c1-9-3-4-11(14-9)8-13(2)7-10-5-12-6-10/h3-4,10,12H,5-8H2,1-2H3. The third-order valence-corrected chi connectivity index (χ3v) is 2.66. The summed E-state index contributed by atoms with van der Waals surface area (Å²) in [5, 5.41) is 3.28. The van der Waals surface area contributed by atoms with Gasteiger partial charge in [-0.3, -0.25) is 4.90 Å². The molecule has 0 aliphatic carbocycles. The van der Waals surface area contributed by atoms with Crippen molar-refractivity contribution in [2.75, 3.05) is 26.7 Å². The lowest BCUT2D eigenvalue weighted by molar-refractivity contribution is 0.207. The summed E-state index contributed by atoms with van der Waals surface area (Å²) in [5.74, 6) is 2.90. The maximum atomic E-state index is 5.53. The molecule has 1 aliphatic rings. The highest BCUT2D eigenvalue weighted by Crippen LogP contribution is 2.11. The topological polar surface area (TPSA) is 28.4 Å². The van der Waals surface area contributed by atoms with Gasteiger partial charge in [0.05, 0.1) is 6.54 Å². The summed E-state index contributed by atoms with van der Waals surface area (Å²) in [7, 11) is 2.15. The van der Waals surface area contributed by atoms with E-state index in [-0.39, 0.29) is 0 Å². The molecule has 3 heteroatoms. The molecule has 14 heavy (non-hydrogen) atoms. The Kier molecular flexibility index (Phi) is 2.89. The van der Waals surface area contributed by atoms with Crippen molar-refractivity contribution in [2.45, 2.75) is 13.5 Å². The molecule has 0 aromatic carbocycles. The molecule has 0 amide bonds. The Morgan fingerprint density at radius 3 is 2.79 bits per heavy atom. The second-order valence-electron chi connectivity index (χ2n) is 4.23. The van der Waals surface area contributed by atoms with Crippen LogP contribution in [0.5, 0.6) is 0 Å². The summed E-state index contributed by atoms with van der Waals surface area (Å²) in [5.41, 5.74) is 0. The second kappa shape index (κ2) is 4.15. The number of hydrogen-bond donors (Lipinski definition) is 1. The number of hydrogen-bond acceptors (Lipinski definition) is 3. The van der Waals surface area contributed by atoms with Crippen LogP contribution in [0.3, 0.4) is 0 Å². The zero-order valence-corrected chi connectivity index (χ0v) is 8.92. The minimum Gasteiger partial charge on any atom is -0.465 e. The van der Waals surface area contributed by atoms with Crippen LogP contribution in [0.15, 0.2) is 16.5 Å². The quantitative estimate of drug-likeness (QED) is 0.781. The molecular formula is C11H18N2O. The Labute approximate surface area is 85.1 Å². The Balaban J connectivity index is 1.78. The summed E-state index contributed by atoms with van der Waals surface area (Å²) in [6, 6.07) is 4.08. The number of aryl methyl sites for hydroxylation is 1. The summed E-state index contributed by atoms with van der Waals surface area (Å²) >= 11 is 0. The highest BCUT2D eigenvalue weighted by atomic mass is 16.3. The maximum absolute atomic E-state index is 5.53. The van der Waals surface area contributed by atoms with E-state index in [2.05, 4.69) is 23.3 Å². The van der Waals surface area contributed by atoms with E-state index in [1.165, 1.54) is 13.1 Å². The average molecular weight is 194 g/mol. The molecule has 1 aromatic rings. The first-order valence-corrected chi connectivity index (χ1v) is 5.18. The first-order chi connectivity index (χ1) is 6.74. The van der Waals surface area contributed by atoms with Crippen LogP contribution in [0, 0.1) is 12.8 Å². The molecule has 2 heterocycles. The van der Waals surface area contributed by atoms with Crippen LogP contribution in [-0.2, 0) is 6.54 Å². The van der Waals surface area contributed by atoms with E-state index in [1.54, 1.807) is 0 Å². The van der Waals surface area contributed by atoms with E-state index in [1.807, 2.05) is 13.0 Å². The molecule has 2 rings (SSSR count). The smallest absolute Gasteiger partial charge is 0.118 e. The Morgan fingerprint density at radius 1 is 1.50 bits per heavy atom. The van der Waals surface area contributed by atoms with Crippen LogP contribution in [0.25, 0.3) is 0 Å². The van der Waals surface area contributed by atoms with Gasteiger partial charge >= 0.3 is 0 Å². The Morgan fingerprint density at radius 2 is 2.29 bits per heavy atom. The highest BCUT2D eigenvalue weighted by molar-refractivity contribution is 5.05. The number of furan rings is 1. The summed E-state index contributed by atoms with van der Waals surface area (Å²) in [4.78, 5) is 2.32. The molecule has 0 unspecified atom stereocenters. The lowest BCUT2D eigenvalue weighted by Crippen LogP contribution is -2.47. The predicted molar refractivity (Wildman–Crippen MR) is 56.1 cm³/mol. The zero-order chi connectivity index (χ0) is 9.97. The molecule has 1 saturated heterocycles. The van der Waals surface area contributed by atoms with E-state index in [0.717, 1.165) is 30.5 Å². The lowest BCUT2D eigenvalue weighted by atomic mass is 10.0. The molecule has 1 aliphatic heterocycles. The zero-order valence-electron chi connectivity index (χ0n) is 8.92. The van der Waals surface area contributed by atoms with Crippen molar-refractivity contribution in [1.29, 1.82) is 0 Å². The Hall–Kier alpha value is -0.800.